The summed E-state index contributed by atoms with van der Waals surface area (Å²) < 4.78 is 0. The second kappa shape index (κ2) is 3.59. The number of carbonyl (C=O) groups is 1. The molecule has 3 nitrogen and oxygen atoms in total. The van der Waals surface area contributed by atoms with Gasteiger partial charge in [-0.2, -0.15) is 0 Å². The lowest BCUT2D eigenvalue weighted by atomic mass is 9.77. The number of likely N-dealkylation sites (tertiary alicyclic amines) is 1. The molecule has 2 atom stereocenters. The van der Waals surface area contributed by atoms with Gasteiger partial charge in [-0.05, 0) is 24.0 Å². The standard InChI is InChI=1S/C13H16N2O/c14-10-5-6-15(8-10)13(16)12-7-9-3-1-2-4-11(9)12/h1-4,10,12H,5-8,14H2/t10-,12?/m0/s1. The zero-order valence-electron chi connectivity index (χ0n) is 9.23. The molecule has 0 radical (unpaired) electrons. The van der Waals surface area contributed by atoms with Crippen LogP contribution in [-0.4, -0.2) is 29.9 Å². The maximum absolute atomic E-state index is 12.2. The predicted octanol–water partition coefficient (Wildman–Crippen LogP) is 0.886. The van der Waals surface area contributed by atoms with E-state index in [1.54, 1.807) is 0 Å². The number of hydrogen-bond donors (Lipinski definition) is 1. The van der Waals surface area contributed by atoms with Crippen LogP contribution < -0.4 is 5.73 Å². The van der Waals surface area contributed by atoms with Crippen LogP contribution in [-0.2, 0) is 11.2 Å². The van der Waals surface area contributed by atoms with Crippen molar-refractivity contribution in [3.05, 3.63) is 35.4 Å². The Hall–Kier alpha value is -1.35. The molecule has 1 aromatic rings. The van der Waals surface area contributed by atoms with Crippen LogP contribution in [0.5, 0.6) is 0 Å². The normalized spacial score (nSPS) is 27.4. The van der Waals surface area contributed by atoms with Crippen LogP contribution in [0.25, 0.3) is 0 Å². The molecular weight excluding hydrogens is 200 g/mol. The maximum Gasteiger partial charge on any atom is 0.230 e. The Balaban J connectivity index is 1.75. The molecule has 3 rings (SSSR count). The van der Waals surface area contributed by atoms with Crippen molar-refractivity contribution in [1.29, 1.82) is 0 Å². The number of amides is 1. The molecule has 2 aliphatic rings. The number of hydrogen-bond acceptors (Lipinski definition) is 2. The first kappa shape index (κ1) is 9.85. The van der Waals surface area contributed by atoms with Crippen LogP contribution in [0.1, 0.15) is 23.5 Å². The summed E-state index contributed by atoms with van der Waals surface area (Å²) in [6, 6.07) is 8.39. The highest BCUT2D eigenvalue weighted by molar-refractivity contribution is 5.87. The Labute approximate surface area is 95.2 Å². The number of nitrogens with two attached hydrogens (primary N) is 1. The van der Waals surface area contributed by atoms with E-state index in [1.165, 1.54) is 11.1 Å². The molecule has 16 heavy (non-hydrogen) atoms. The highest BCUT2D eigenvalue weighted by Crippen LogP contribution is 2.36. The lowest BCUT2D eigenvalue weighted by molar-refractivity contribution is -0.132. The van der Waals surface area contributed by atoms with Crippen LogP contribution in [0.15, 0.2) is 24.3 Å². The van der Waals surface area contributed by atoms with Gasteiger partial charge in [-0.25, -0.2) is 0 Å². The van der Waals surface area contributed by atoms with E-state index < -0.39 is 0 Å². The summed E-state index contributed by atoms with van der Waals surface area (Å²) in [6.45, 7) is 1.57. The number of nitrogens with zero attached hydrogens (tertiary/aromatic N) is 1. The summed E-state index contributed by atoms with van der Waals surface area (Å²) in [5, 5.41) is 0. The summed E-state index contributed by atoms with van der Waals surface area (Å²) in [5.41, 5.74) is 8.36. The van der Waals surface area contributed by atoms with Crippen LogP contribution >= 0.6 is 0 Å². The Kier molecular flexibility index (Phi) is 2.21. The molecule has 1 heterocycles. The molecule has 1 aromatic carbocycles. The van der Waals surface area contributed by atoms with Crippen molar-refractivity contribution in [3.8, 4) is 0 Å². The molecule has 1 fully saturated rings. The van der Waals surface area contributed by atoms with E-state index in [0.29, 0.717) is 0 Å². The second-order valence-corrected chi connectivity index (χ2v) is 4.79. The zero-order valence-corrected chi connectivity index (χ0v) is 9.23. The smallest absolute Gasteiger partial charge is 0.230 e. The summed E-state index contributed by atoms with van der Waals surface area (Å²) >= 11 is 0. The lowest BCUT2D eigenvalue weighted by Gasteiger charge is -2.32. The molecule has 1 amide bonds. The fourth-order valence-electron chi connectivity index (χ4n) is 2.69. The Morgan fingerprint density at radius 2 is 2.19 bits per heavy atom. The highest BCUT2D eigenvalue weighted by atomic mass is 16.2. The molecule has 0 spiro atoms. The van der Waals surface area contributed by atoms with Crippen LogP contribution in [0, 0.1) is 0 Å². The largest absolute Gasteiger partial charge is 0.341 e. The molecular formula is C13H16N2O. The van der Waals surface area contributed by atoms with E-state index in [-0.39, 0.29) is 17.9 Å². The third-order valence-corrected chi connectivity index (χ3v) is 3.69. The molecule has 1 aliphatic heterocycles. The second-order valence-electron chi connectivity index (χ2n) is 4.79. The van der Waals surface area contributed by atoms with Gasteiger partial charge in [-0.3, -0.25) is 4.79 Å². The fourth-order valence-corrected chi connectivity index (χ4v) is 2.69. The molecule has 0 saturated carbocycles. The van der Waals surface area contributed by atoms with E-state index in [9.17, 15) is 4.79 Å². The topological polar surface area (TPSA) is 46.3 Å². The minimum absolute atomic E-state index is 0.0986. The first-order valence-corrected chi connectivity index (χ1v) is 5.88. The molecule has 3 heteroatoms. The number of benzene rings is 1. The van der Waals surface area contributed by atoms with Gasteiger partial charge in [0.05, 0.1) is 5.92 Å². The van der Waals surface area contributed by atoms with E-state index in [2.05, 4.69) is 12.1 Å². The number of carbonyl (C=O) groups excluding carboxylic acids is 1. The van der Waals surface area contributed by atoms with Gasteiger partial charge in [-0.1, -0.05) is 24.3 Å². The van der Waals surface area contributed by atoms with Gasteiger partial charge in [0.1, 0.15) is 0 Å². The van der Waals surface area contributed by atoms with E-state index >= 15 is 0 Å². The van der Waals surface area contributed by atoms with Crippen molar-refractivity contribution in [2.24, 2.45) is 5.73 Å². The fraction of sp³-hybridized carbons (Fsp3) is 0.462. The summed E-state index contributed by atoms with van der Waals surface area (Å²) in [7, 11) is 0. The average Bonchev–Trinajstić information content (AvgIpc) is 2.67. The molecule has 84 valence electrons. The third-order valence-electron chi connectivity index (χ3n) is 3.69. The van der Waals surface area contributed by atoms with Crippen molar-refractivity contribution in [3.63, 3.8) is 0 Å². The van der Waals surface area contributed by atoms with E-state index in [0.717, 1.165) is 25.9 Å². The van der Waals surface area contributed by atoms with Crippen molar-refractivity contribution in [1.82, 2.24) is 4.90 Å². The molecule has 0 aromatic heterocycles. The van der Waals surface area contributed by atoms with Gasteiger partial charge in [0.15, 0.2) is 0 Å². The van der Waals surface area contributed by atoms with Crippen LogP contribution in [0.3, 0.4) is 0 Å². The Morgan fingerprint density at radius 3 is 2.88 bits per heavy atom. The minimum Gasteiger partial charge on any atom is -0.341 e. The first-order valence-electron chi connectivity index (χ1n) is 5.88. The predicted molar refractivity (Wildman–Crippen MR) is 62.1 cm³/mol. The lowest BCUT2D eigenvalue weighted by Crippen LogP contribution is -2.39. The zero-order chi connectivity index (χ0) is 11.1. The summed E-state index contributed by atoms with van der Waals surface area (Å²) in [5.74, 6) is 0.369. The van der Waals surface area contributed by atoms with Gasteiger partial charge in [0.25, 0.3) is 0 Å². The van der Waals surface area contributed by atoms with Crippen molar-refractivity contribution in [2.45, 2.75) is 24.8 Å². The molecule has 2 N–H and O–H groups in total. The molecule has 1 unspecified atom stereocenters. The van der Waals surface area contributed by atoms with Crippen molar-refractivity contribution in [2.75, 3.05) is 13.1 Å². The van der Waals surface area contributed by atoms with E-state index in [4.69, 9.17) is 5.73 Å². The molecule has 1 aliphatic carbocycles. The van der Waals surface area contributed by atoms with E-state index in [1.807, 2.05) is 17.0 Å². The highest BCUT2D eigenvalue weighted by Gasteiger charge is 2.36. The van der Waals surface area contributed by atoms with Crippen LogP contribution in [0.2, 0.25) is 0 Å². The Bertz CT molecular complexity index is 430. The molecule has 1 saturated heterocycles. The number of fused-ring (bicyclic) bond motifs is 1. The van der Waals surface area contributed by atoms with Gasteiger partial charge >= 0.3 is 0 Å². The summed E-state index contributed by atoms with van der Waals surface area (Å²) in [6.07, 6.45) is 1.85. The van der Waals surface area contributed by atoms with Crippen molar-refractivity contribution < 1.29 is 4.79 Å². The third kappa shape index (κ3) is 1.43. The first-order chi connectivity index (χ1) is 7.75. The van der Waals surface area contributed by atoms with Gasteiger partial charge in [-0.15, -0.1) is 0 Å². The average molecular weight is 216 g/mol. The maximum atomic E-state index is 12.2. The minimum atomic E-state index is 0.0986. The number of rotatable bonds is 1. The Morgan fingerprint density at radius 1 is 1.38 bits per heavy atom. The quantitative estimate of drug-likeness (QED) is 0.757. The summed E-state index contributed by atoms with van der Waals surface area (Å²) in [4.78, 5) is 14.1. The van der Waals surface area contributed by atoms with Gasteiger partial charge in [0.2, 0.25) is 5.91 Å². The van der Waals surface area contributed by atoms with Gasteiger partial charge < -0.3 is 10.6 Å². The van der Waals surface area contributed by atoms with Gasteiger partial charge in [0, 0.05) is 19.1 Å². The van der Waals surface area contributed by atoms with Crippen LogP contribution in [0.4, 0.5) is 0 Å². The van der Waals surface area contributed by atoms with Crippen molar-refractivity contribution >= 4 is 5.91 Å². The SMILES string of the molecule is N[C@H]1CCN(C(=O)C2Cc3ccccc32)C1. The monoisotopic (exact) mass is 216 g/mol. The molecule has 0 bridgehead atoms.